The van der Waals surface area contributed by atoms with Crippen molar-refractivity contribution in [2.75, 3.05) is 19.5 Å². The van der Waals surface area contributed by atoms with Crippen LogP contribution in [0.5, 0.6) is 0 Å². The van der Waals surface area contributed by atoms with Crippen LogP contribution in [0.25, 0.3) is 0 Å². The van der Waals surface area contributed by atoms with Crippen LogP contribution in [0.15, 0.2) is 0 Å². The number of methoxy groups -OCH3 is 1. The van der Waals surface area contributed by atoms with E-state index in [1.165, 1.54) is 7.11 Å². The molecule has 4 nitrogen and oxygen atoms in total. The molecule has 0 aliphatic heterocycles. The maximum Gasteiger partial charge on any atom is 0.154 e. The predicted molar refractivity (Wildman–Crippen MR) is 46.7 cm³/mol. The van der Waals surface area contributed by atoms with Crippen LogP contribution < -0.4 is 5.73 Å². The van der Waals surface area contributed by atoms with Crippen LogP contribution in [0, 0.1) is 0 Å². The van der Waals surface area contributed by atoms with E-state index in [4.69, 9.17) is 10.5 Å². The molecule has 12 heavy (non-hydrogen) atoms. The highest BCUT2D eigenvalue weighted by molar-refractivity contribution is 7.92. The molecule has 72 valence electrons. The Morgan fingerprint density at radius 2 is 2.25 bits per heavy atom. The van der Waals surface area contributed by atoms with Crippen molar-refractivity contribution in [3.63, 3.8) is 0 Å². The molecule has 0 heterocycles. The van der Waals surface area contributed by atoms with Gasteiger partial charge in [0.1, 0.15) is 0 Å². The lowest BCUT2D eigenvalue weighted by atomic mass is 10.3. The van der Waals surface area contributed by atoms with Gasteiger partial charge in [-0.25, -0.2) is 8.42 Å². The SMILES string of the molecule is CCS(=O)(=O)[C@H]1C[C@]1(N)COC. The molecule has 0 bridgehead atoms. The molecule has 2 atom stereocenters. The minimum absolute atomic E-state index is 0.167. The summed E-state index contributed by atoms with van der Waals surface area (Å²) in [6.07, 6.45) is 0.539. The Kier molecular flexibility index (Phi) is 2.47. The molecule has 0 aromatic heterocycles. The largest absolute Gasteiger partial charge is 0.383 e. The molecule has 1 aliphatic rings. The topological polar surface area (TPSA) is 69.4 Å². The van der Waals surface area contributed by atoms with E-state index in [9.17, 15) is 8.42 Å². The first-order chi connectivity index (χ1) is 5.46. The fourth-order valence-corrected chi connectivity index (χ4v) is 3.14. The summed E-state index contributed by atoms with van der Waals surface area (Å²) in [6, 6.07) is 0. The van der Waals surface area contributed by atoms with Gasteiger partial charge in [-0.05, 0) is 6.42 Å². The molecule has 0 spiro atoms. The van der Waals surface area contributed by atoms with Crippen molar-refractivity contribution in [1.29, 1.82) is 0 Å². The third-order valence-corrected chi connectivity index (χ3v) is 4.60. The van der Waals surface area contributed by atoms with E-state index >= 15 is 0 Å². The predicted octanol–water partition coefficient (Wildman–Crippen LogP) is -0.463. The van der Waals surface area contributed by atoms with Gasteiger partial charge in [0.25, 0.3) is 0 Å². The van der Waals surface area contributed by atoms with Crippen molar-refractivity contribution in [2.45, 2.75) is 24.1 Å². The first-order valence-electron chi connectivity index (χ1n) is 3.95. The maximum atomic E-state index is 11.3. The number of nitrogens with two attached hydrogens (primary N) is 1. The monoisotopic (exact) mass is 193 g/mol. The van der Waals surface area contributed by atoms with Crippen LogP contribution in [0.3, 0.4) is 0 Å². The van der Waals surface area contributed by atoms with Gasteiger partial charge in [0.2, 0.25) is 0 Å². The van der Waals surface area contributed by atoms with E-state index in [1.807, 2.05) is 0 Å². The van der Waals surface area contributed by atoms with E-state index < -0.39 is 15.4 Å². The van der Waals surface area contributed by atoms with E-state index in [2.05, 4.69) is 0 Å². The Balaban J connectivity index is 2.63. The van der Waals surface area contributed by atoms with Crippen LogP contribution in [0.2, 0.25) is 0 Å². The van der Waals surface area contributed by atoms with Gasteiger partial charge in [-0.2, -0.15) is 0 Å². The summed E-state index contributed by atoms with van der Waals surface area (Å²) in [5.74, 6) is 0.167. The van der Waals surface area contributed by atoms with E-state index in [-0.39, 0.29) is 11.0 Å². The highest BCUT2D eigenvalue weighted by Crippen LogP contribution is 2.39. The van der Waals surface area contributed by atoms with Gasteiger partial charge in [0.15, 0.2) is 9.84 Å². The van der Waals surface area contributed by atoms with Gasteiger partial charge in [-0.15, -0.1) is 0 Å². The average molecular weight is 193 g/mol. The van der Waals surface area contributed by atoms with Crippen molar-refractivity contribution >= 4 is 9.84 Å². The Labute approximate surface area is 73.0 Å². The van der Waals surface area contributed by atoms with Gasteiger partial charge in [0, 0.05) is 12.9 Å². The van der Waals surface area contributed by atoms with Gasteiger partial charge in [-0.1, -0.05) is 6.92 Å². The van der Waals surface area contributed by atoms with Crippen LogP contribution >= 0.6 is 0 Å². The molecule has 5 heteroatoms. The molecular formula is C7H15NO3S. The summed E-state index contributed by atoms with van der Waals surface area (Å²) >= 11 is 0. The van der Waals surface area contributed by atoms with Crippen molar-refractivity contribution in [3.05, 3.63) is 0 Å². The summed E-state index contributed by atoms with van der Waals surface area (Å²) in [5, 5.41) is -0.380. The van der Waals surface area contributed by atoms with E-state index in [1.54, 1.807) is 6.92 Å². The average Bonchev–Trinajstić information content (AvgIpc) is 2.64. The Morgan fingerprint density at radius 1 is 1.67 bits per heavy atom. The number of sulfone groups is 1. The molecule has 0 aromatic rings. The highest BCUT2D eigenvalue weighted by Gasteiger charge is 2.57. The van der Waals surface area contributed by atoms with Crippen molar-refractivity contribution in [3.8, 4) is 0 Å². The summed E-state index contributed by atoms with van der Waals surface area (Å²) in [6.45, 7) is 1.97. The highest BCUT2D eigenvalue weighted by atomic mass is 32.2. The lowest BCUT2D eigenvalue weighted by Gasteiger charge is -2.08. The third-order valence-electron chi connectivity index (χ3n) is 2.30. The van der Waals surface area contributed by atoms with Crippen LogP contribution in [0.1, 0.15) is 13.3 Å². The van der Waals surface area contributed by atoms with Gasteiger partial charge in [-0.3, -0.25) is 0 Å². The molecule has 0 amide bonds. The zero-order chi connectivity index (χ0) is 9.41. The molecule has 0 radical (unpaired) electrons. The quantitative estimate of drug-likeness (QED) is 0.656. The number of rotatable bonds is 4. The Hall–Kier alpha value is -0.130. The second kappa shape index (κ2) is 2.97. The minimum Gasteiger partial charge on any atom is -0.383 e. The minimum atomic E-state index is -2.96. The van der Waals surface area contributed by atoms with Crippen LogP contribution in [-0.2, 0) is 14.6 Å². The molecule has 0 unspecified atom stereocenters. The van der Waals surface area contributed by atoms with E-state index in [0.717, 1.165) is 0 Å². The zero-order valence-corrected chi connectivity index (χ0v) is 8.23. The lowest BCUT2D eigenvalue weighted by Crippen LogP contribution is -2.35. The van der Waals surface area contributed by atoms with Gasteiger partial charge >= 0.3 is 0 Å². The second-order valence-electron chi connectivity index (χ2n) is 3.31. The maximum absolute atomic E-state index is 11.3. The second-order valence-corrected chi connectivity index (χ2v) is 5.78. The molecule has 0 saturated heterocycles. The first kappa shape index (κ1) is 9.95. The van der Waals surface area contributed by atoms with Crippen molar-refractivity contribution in [2.24, 2.45) is 5.73 Å². The molecule has 2 N–H and O–H groups in total. The fourth-order valence-electron chi connectivity index (χ4n) is 1.39. The summed E-state index contributed by atoms with van der Waals surface area (Å²) in [7, 11) is -1.43. The van der Waals surface area contributed by atoms with Crippen LogP contribution in [-0.4, -0.2) is 38.7 Å². The number of hydrogen-bond donors (Lipinski definition) is 1. The Morgan fingerprint density at radius 3 is 2.67 bits per heavy atom. The zero-order valence-electron chi connectivity index (χ0n) is 7.41. The summed E-state index contributed by atoms with van der Waals surface area (Å²) < 4.78 is 27.5. The summed E-state index contributed by atoms with van der Waals surface area (Å²) in [4.78, 5) is 0. The molecule has 0 aromatic carbocycles. The molecule has 1 aliphatic carbocycles. The van der Waals surface area contributed by atoms with E-state index in [0.29, 0.717) is 13.0 Å². The van der Waals surface area contributed by atoms with Crippen LogP contribution in [0.4, 0.5) is 0 Å². The first-order valence-corrected chi connectivity index (χ1v) is 5.67. The fraction of sp³-hybridized carbons (Fsp3) is 1.00. The smallest absolute Gasteiger partial charge is 0.154 e. The lowest BCUT2D eigenvalue weighted by molar-refractivity contribution is 0.173. The summed E-state index contributed by atoms with van der Waals surface area (Å²) in [5.41, 5.74) is 5.15. The molecule has 1 saturated carbocycles. The van der Waals surface area contributed by atoms with Gasteiger partial charge in [0.05, 0.1) is 17.4 Å². The van der Waals surface area contributed by atoms with Gasteiger partial charge < -0.3 is 10.5 Å². The van der Waals surface area contributed by atoms with Crippen molar-refractivity contribution < 1.29 is 13.2 Å². The van der Waals surface area contributed by atoms with Crippen molar-refractivity contribution in [1.82, 2.24) is 0 Å². The standard InChI is InChI=1S/C7H15NO3S/c1-3-12(9,10)6-4-7(6,8)5-11-2/h6H,3-5,8H2,1-2H3/t6-,7-/m0/s1. The molecule has 1 fully saturated rings. The molecule has 1 rings (SSSR count). The molecular weight excluding hydrogens is 178 g/mol. The third kappa shape index (κ3) is 1.62. The number of ether oxygens (including phenoxy) is 1. The number of hydrogen-bond acceptors (Lipinski definition) is 4. The Bertz CT molecular complexity index is 262. The normalized spacial score (nSPS) is 35.1.